The Hall–Kier alpha value is -2.60. The van der Waals surface area contributed by atoms with E-state index < -0.39 is 9.84 Å². The third-order valence-electron chi connectivity index (χ3n) is 4.98. The van der Waals surface area contributed by atoms with Crippen LogP contribution in [0, 0.1) is 5.92 Å². The lowest BCUT2D eigenvalue weighted by molar-refractivity contribution is 0.416. The number of rotatable bonds is 4. The Kier molecular flexibility index (Phi) is 4.74. The quantitative estimate of drug-likeness (QED) is 0.669. The van der Waals surface area contributed by atoms with Crippen LogP contribution in [0.4, 0.5) is 5.88 Å². The van der Waals surface area contributed by atoms with Gasteiger partial charge in [0.1, 0.15) is 0 Å². The Balaban J connectivity index is 1.83. The van der Waals surface area contributed by atoms with Crippen LogP contribution in [0.2, 0.25) is 0 Å². The highest BCUT2D eigenvalue weighted by atomic mass is 32.2. The van der Waals surface area contributed by atoms with Gasteiger partial charge in [-0.05, 0) is 43.0 Å². The molecular formula is C21H22N2O3S. The van der Waals surface area contributed by atoms with E-state index in [1.807, 2.05) is 35.2 Å². The molecule has 6 heteroatoms. The number of oxazole rings is 1. The first-order valence-electron chi connectivity index (χ1n) is 9.17. The van der Waals surface area contributed by atoms with Crippen LogP contribution in [-0.4, -0.2) is 26.5 Å². The second-order valence-electron chi connectivity index (χ2n) is 6.98. The van der Waals surface area contributed by atoms with E-state index in [2.05, 4.69) is 11.9 Å². The molecular weight excluding hydrogens is 360 g/mol. The highest BCUT2D eigenvalue weighted by molar-refractivity contribution is 7.91. The van der Waals surface area contributed by atoms with Crippen molar-refractivity contribution in [3.05, 3.63) is 60.7 Å². The third-order valence-corrected chi connectivity index (χ3v) is 6.65. The van der Waals surface area contributed by atoms with E-state index in [0.717, 1.165) is 31.5 Å². The predicted octanol–water partition coefficient (Wildman–Crippen LogP) is 4.41. The van der Waals surface area contributed by atoms with Crippen LogP contribution in [0.1, 0.15) is 19.8 Å². The lowest BCUT2D eigenvalue weighted by Gasteiger charge is -2.30. The number of nitrogens with zero attached hydrogens (tertiary/aromatic N) is 2. The van der Waals surface area contributed by atoms with Gasteiger partial charge in [-0.15, -0.1) is 0 Å². The van der Waals surface area contributed by atoms with Crippen molar-refractivity contribution >= 4 is 15.7 Å². The standard InChI is InChI=1S/C21H22N2O3S/c1-16-12-14-23(15-13-16)21-20(27(24,25)18-10-6-3-7-11-18)22-19(26-21)17-8-4-2-5-9-17/h2-11,16H,12-15H2,1H3. The number of sulfone groups is 1. The number of anilines is 1. The van der Waals surface area contributed by atoms with Gasteiger partial charge in [0, 0.05) is 18.7 Å². The summed E-state index contributed by atoms with van der Waals surface area (Å²) in [6.45, 7) is 3.75. The molecule has 0 unspecified atom stereocenters. The van der Waals surface area contributed by atoms with Gasteiger partial charge in [-0.2, -0.15) is 4.98 Å². The van der Waals surface area contributed by atoms with Crippen molar-refractivity contribution in [1.82, 2.24) is 4.98 Å². The van der Waals surface area contributed by atoms with E-state index in [-0.39, 0.29) is 9.92 Å². The number of hydrogen-bond acceptors (Lipinski definition) is 5. The number of hydrogen-bond donors (Lipinski definition) is 0. The second kappa shape index (κ2) is 7.19. The molecule has 1 aromatic heterocycles. The van der Waals surface area contributed by atoms with Crippen molar-refractivity contribution < 1.29 is 12.8 Å². The summed E-state index contributed by atoms with van der Waals surface area (Å²) in [4.78, 5) is 6.66. The first kappa shape index (κ1) is 17.8. The molecule has 4 rings (SSSR count). The molecule has 1 aliphatic heterocycles. The van der Waals surface area contributed by atoms with Crippen molar-refractivity contribution in [1.29, 1.82) is 0 Å². The average Bonchev–Trinajstić information content (AvgIpc) is 3.16. The summed E-state index contributed by atoms with van der Waals surface area (Å²) >= 11 is 0. The molecule has 1 saturated heterocycles. The molecule has 0 amide bonds. The largest absolute Gasteiger partial charge is 0.419 e. The van der Waals surface area contributed by atoms with Gasteiger partial charge < -0.3 is 9.32 Å². The molecule has 140 valence electrons. The molecule has 5 nitrogen and oxygen atoms in total. The molecule has 0 atom stereocenters. The van der Waals surface area contributed by atoms with Crippen molar-refractivity contribution in [2.24, 2.45) is 5.92 Å². The van der Waals surface area contributed by atoms with Crippen LogP contribution in [0.25, 0.3) is 11.5 Å². The van der Waals surface area contributed by atoms with E-state index in [1.165, 1.54) is 0 Å². The van der Waals surface area contributed by atoms with Gasteiger partial charge in [-0.25, -0.2) is 8.42 Å². The Morgan fingerprint density at radius 1 is 0.963 bits per heavy atom. The summed E-state index contributed by atoms with van der Waals surface area (Å²) in [5.74, 6) is 1.32. The number of piperidine rings is 1. The Labute approximate surface area is 159 Å². The monoisotopic (exact) mass is 382 g/mol. The summed E-state index contributed by atoms with van der Waals surface area (Å²) in [6, 6.07) is 17.8. The summed E-state index contributed by atoms with van der Waals surface area (Å²) < 4.78 is 32.5. The molecule has 0 aliphatic carbocycles. The Bertz CT molecular complexity index is 1010. The van der Waals surface area contributed by atoms with Gasteiger partial charge >= 0.3 is 0 Å². The van der Waals surface area contributed by atoms with Crippen molar-refractivity contribution in [2.45, 2.75) is 29.7 Å². The average molecular weight is 382 g/mol. The molecule has 0 bridgehead atoms. The molecule has 27 heavy (non-hydrogen) atoms. The minimum Gasteiger partial charge on any atom is -0.419 e. The van der Waals surface area contributed by atoms with E-state index in [1.54, 1.807) is 30.3 Å². The number of aromatic nitrogens is 1. The molecule has 2 aromatic carbocycles. The lowest BCUT2D eigenvalue weighted by atomic mass is 9.99. The topological polar surface area (TPSA) is 63.4 Å². The van der Waals surface area contributed by atoms with Crippen molar-refractivity contribution in [2.75, 3.05) is 18.0 Å². The normalized spacial score (nSPS) is 15.8. The van der Waals surface area contributed by atoms with Crippen LogP contribution < -0.4 is 4.90 Å². The zero-order valence-electron chi connectivity index (χ0n) is 15.2. The molecule has 0 N–H and O–H groups in total. The first-order chi connectivity index (χ1) is 13.1. The molecule has 2 heterocycles. The fourth-order valence-corrected chi connectivity index (χ4v) is 4.64. The summed E-state index contributed by atoms with van der Waals surface area (Å²) in [6.07, 6.45) is 2.01. The third kappa shape index (κ3) is 3.49. The molecule has 0 saturated carbocycles. The molecule has 3 aromatic rings. The van der Waals surface area contributed by atoms with Gasteiger partial charge in [0.2, 0.25) is 26.6 Å². The SMILES string of the molecule is CC1CCN(c2oc(-c3ccccc3)nc2S(=O)(=O)c2ccccc2)CC1. The van der Waals surface area contributed by atoms with Gasteiger partial charge in [0.15, 0.2) is 0 Å². The molecule has 1 fully saturated rings. The maximum absolute atomic E-state index is 13.3. The van der Waals surface area contributed by atoms with Crippen LogP contribution in [0.5, 0.6) is 0 Å². The first-order valence-corrected chi connectivity index (χ1v) is 10.7. The van der Waals surface area contributed by atoms with Crippen LogP contribution >= 0.6 is 0 Å². The van der Waals surface area contributed by atoms with Crippen molar-refractivity contribution in [3.8, 4) is 11.5 Å². The van der Waals surface area contributed by atoms with Gasteiger partial charge in [-0.1, -0.05) is 43.3 Å². The smallest absolute Gasteiger partial charge is 0.236 e. The lowest BCUT2D eigenvalue weighted by Crippen LogP contribution is -2.33. The fraction of sp³-hybridized carbons (Fsp3) is 0.286. The van der Waals surface area contributed by atoms with E-state index >= 15 is 0 Å². The van der Waals surface area contributed by atoms with Crippen molar-refractivity contribution in [3.63, 3.8) is 0 Å². The van der Waals surface area contributed by atoms with Gasteiger partial charge in [0.25, 0.3) is 0 Å². The van der Waals surface area contributed by atoms with E-state index in [4.69, 9.17) is 4.42 Å². The van der Waals surface area contributed by atoms with Crippen LogP contribution in [0.3, 0.4) is 0 Å². The zero-order valence-corrected chi connectivity index (χ0v) is 16.0. The van der Waals surface area contributed by atoms with E-state index in [0.29, 0.717) is 17.7 Å². The highest BCUT2D eigenvalue weighted by Crippen LogP contribution is 2.36. The Morgan fingerprint density at radius 2 is 1.56 bits per heavy atom. The van der Waals surface area contributed by atoms with Gasteiger partial charge in [0.05, 0.1) is 4.90 Å². The zero-order chi connectivity index (χ0) is 18.9. The van der Waals surface area contributed by atoms with E-state index in [9.17, 15) is 8.42 Å². The maximum Gasteiger partial charge on any atom is 0.236 e. The fourth-order valence-electron chi connectivity index (χ4n) is 3.30. The summed E-state index contributed by atoms with van der Waals surface area (Å²) in [5, 5.41) is 0.00195. The minimum atomic E-state index is -3.77. The molecule has 0 radical (unpaired) electrons. The summed E-state index contributed by atoms with van der Waals surface area (Å²) in [5.41, 5.74) is 0.763. The predicted molar refractivity (Wildman–Crippen MR) is 104 cm³/mol. The minimum absolute atomic E-state index is 0.00195. The molecule has 1 aliphatic rings. The number of benzene rings is 2. The highest BCUT2D eigenvalue weighted by Gasteiger charge is 2.32. The molecule has 0 spiro atoms. The van der Waals surface area contributed by atoms with Crippen LogP contribution in [0.15, 0.2) is 75.0 Å². The summed E-state index contributed by atoms with van der Waals surface area (Å²) in [7, 11) is -3.77. The maximum atomic E-state index is 13.3. The Morgan fingerprint density at radius 3 is 2.19 bits per heavy atom. The van der Waals surface area contributed by atoms with Gasteiger partial charge in [-0.3, -0.25) is 0 Å². The second-order valence-corrected chi connectivity index (χ2v) is 8.85. The van der Waals surface area contributed by atoms with Crippen LogP contribution in [-0.2, 0) is 9.84 Å².